The molecule has 4 rings (SSSR count). The Hall–Kier alpha value is -3.58. The predicted octanol–water partition coefficient (Wildman–Crippen LogP) is 4.91. The fraction of sp³-hybridized carbons (Fsp3) is 0.160. The average Bonchev–Trinajstić information content (AvgIpc) is 3.21. The van der Waals surface area contributed by atoms with E-state index >= 15 is 0 Å². The van der Waals surface area contributed by atoms with Gasteiger partial charge in [-0.3, -0.25) is 9.36 Å². The molecule has 6 nitrogen and oxygen atoms in total. The van der Waals surface area contributed by atoms with Gasteiger partial charge in [0.15, 0.2) is 5.16 Å². The first kappa shape index (κ1) is 21.6. The molecule has 0 aliphatic carbocycles. The monoisotopic (exact) mass is 444 g/mol. The van der Waals surface area contributed by atoms with Crippen LogP contribution in [-0.4, -0.2) is 33.5 Å². The van der Waals surface area contributed by atoms with E-state index in [0.717, 1.165) is 34.1 Å². The summed E-state index contributed by atoms with van der Waals surface area (Å²) in [6.45, 7) is 2.00. The molecule has 3 aromatic carbocycles. The first-order chi connectivity index (χ1) is 15.6. The third kappa shape index (κ3) is 5.36. The second kappa shape index (κ2) is 10.2. The van der Waals surface area contributed by atoms with Crippen LogP contribution in [0, 0.1) is 6.92 Å². The van der Waals surface area contributed by atoms with Crippen LogP contribution >= 0.6 is 11.8 Å². The highest BCUT2D eigenvalue weighted by atomic mass is 32.2. The summed E-state index contributed by atoms with van der Waals surface area (Å²) in [7, 11) is 1.65. The largest absolute Gasteiger partial charge is 0.497 e. The van der Waals surface area contributed by atoms with Gasteiger partial charge in [-0.1, -0.05) is 54.2 Å². The molecule has 0 saturated heterocycles. The number of rotatable bonds is 8. The molecule has 0 spiro atoms. The summed E-state index contributed by atoms with van der Waals surface area (Å²) in [5.74, 6) is 1.78. The van der Waals surface area contributed by atoms with Crippen LogP contribution in [0.2, 0.25) is 0 Å². The molecule has 1 aromatic heterocycles. The number of carbonyl (C=O) groups excluding carboxylic acids is 1. The second-order valence-electron chi connectivity index (χ2n) is 7.30. The summed E-state index contributed by atoms with van der Waals surface area (Å²) in [5.41, 5.74) is 3.95. The van der Waals surface area contributed by atoms with E-state index in [-0.39, 0.29) is 11.7 Å². The molecule has 0 bridgehead atoms. The quantitative estimate of drug-likeness (QED) is 0.391. The molecule has 0 unspecified atom stereocenters. The summed E-state index contributed by atoms with van der Waals surface area (Å²) in [5, 5.41) is 12.4. The first-order valence-corrected chi connectivity index (χ1v) is 11.2. The molecule has 0 saturated carbocycles. The van der Waals surface area contributed by atoms with E-state index in [9.17, 15) is 4.79 Å². The van der Waals surface area contributed by atoms with Gasteiger partial charge >= 0.3 is 0 Å². The van der Waals surface area contributed by atoms with Gasteiger partial charge in [-0.05, 0) is 54.4 Å². The van der Waals surface area contributed by atoms with E-state index in [1.54, 1.807) is 7.11 Å². The molecule has 162 valence electrons. The fourth-order valence-corrected chi connectivity index (χ4v) is 4.09. The van der Waals surface area contributed by atoms with Gasteiger partial charge in [0.1, 0.15) is 11.6 Å². The Balaban J connectivity index is 1.53. The topological polar surface area (TPSA) is 69.0 Å². The average molecular weight is 445 g/mol. The summed E-state index contributed by atoms with van der Waals surface area (Å²) in [6, 6.07) is 25.6. The molecule has 1 heterocycles. The lowest BCUT2D eigenvalue weighted by Gasteiger charge is -2.11. The van der Waals surface area contributed by atoms with Gasteiger partial charge in [0.25, 0.3) is 0 Å². The number of nitrogens with one attached hydrogen (secondary N) is 1. The van der Waals surface area contributed by atoms with Crippen molar-refractivity contribution in [3.05, 3.63) is 95.8 Å². The van der Waals surface area contributed by atoms with Crippen LogP contribution in [0.5, 0.6) is 5.75 Å². The molecular formula is C25H24N4O2S. The molecule has 0 radical (unpaired) electrons. The molecule has 1 N–H and O–H groups in total. The number of aryl methyl sites for hydroxylation is 1. The van der Waals surface area contributed by atoms with Gasteiger partial charge in [-0.2, -0.15) is 0 Å². The number of ether oxygens (including phenoxy) is 1. The van der Waals surface area contributed by atoms with Crippen LogP contribution in [0.1, 0.15) is 17.0 Å². The molecule has 0 fully saturated rings. The Labute approximate surface area is 191 Å². The zero-order chi connectivity index (χ0) is 22.3. The van der Waals surface area contributed by atoms with E-state index < -0.39 is 0 Å². The number of benzene rings is 3. The third-order valence-electron chi connectivity index (χ3n) is 4.87. The summed E-state index contributed by atoms with van der Waals surface area (Å²) < 4.78 is 7.25. The molecule has 32 heavy (non-hydrogen) atoms. The maximum absolute atomic E-state index is 12.5. The van der Waals surface area contributed by atoms with Crippen LogP contribution in [0.3, 0.4) is 0 Å². The number of carbonyl (C=O) groups is 1. The Kier molecular flexibility index (Phi) is 6.87. The van der Waals surface area contributed by atoms with Gasteiger partial charge < -0.3 is 10.1 Å². The Bertz CT molecular complexity index is 1190. The minimum Gasteiger partial charge on any atom is -0.497 e. The number of thioether (sulfide) groups is 1. The van der Waals surface area contributed by atoms with Crippen LogP contribution in [-0.2, 0) is 11.2 Å². The van der Waals surface area contributed by atoms with Crippen LogP contribution in [0.15, 0.2) is 84.0 Å². The van der Waals surface area contributed by atoms with Crippen molar-refractivity contribution in [3.8, 4) is 11.4 Å². The maximum Gasteiger partial charge on any atom is 0.234 e. The third-order valence-corrected chi connectivity index (χ3v) is 5.80. The molecule has 7 heteroatoms. The second-order valence-corrected chi connectivity index (χ2v) is 8.24. The Morgan fingerprint density at radius 3 is 2.50 bits per heavy atom. The van der Waals surface area contributed by atoms with E-state index in [4.69, 9.17) is 4.74 Å². The van der Waals surface area contributed by atoms with E-state index in [1.165, 1.54) is 11.8 Å². The number of hydrogen-bond acceptors (Lipinski definition) is 5. The van der Waals surface area contributed by atoms with Crippen molar-refractivity contribution < 1.29 is 9.53 Å². The van der Waals surface area contributed by atoms with Crippen molar-refractivity contribution in [2.45, 2.75) is 18.5 Å². The number of para-hydroxylation sites is 1. The predicted molar refractivity (Wildman–Crippen MR) is 128 cm³/mol. The number of amides is 1. The van der Waals surface area contributed by atoms with E-state index in [1.807, 2.05) is 90.4 Å². The smallest absolute Gasteiger partial charge is 0.234 e. The summed E-state index contributed by atoms with van der Waals surface area (Å²) in [4.78, 5) is 12.5. The lowest BCUT2D eigenvalue weighted by Crippen LogP contribution is -2.14. The number of nitrogens with zero attached hydrogens (tertiary/aromatic N) is 3. The van der Waals surface area contributed by atoms with Crippen molar-refractivity contribution in [3.63, 3.8) is 0 Å². The molecule has 0 aliphatic rings. The minimum atomic E-state index is -0.0834. The number of aromatic nitrogens is 3. The van der Waals surface area contributed by atoms with Gasteiger partial charge in [-0.15, -0.1) is 10.2 Å². The Morgan fingerprint density at radius 1 is 1.00 bits per heavy atom. The van der Waals surface area contributed by atoms with Gasteiger partial charge in [0.2, 0.25) is 5.91 Å². The number of anilines is 1. The van der Waals surface area contributed by atoms with Crippen LogP contribution < -0.4 is 10.1 Å². The van der Waals surface area contributed by atoms with Gasteiger partial charge in [0, 0.05) is 17.8 Å². The molecule has 0 atom stereocenters. The lowest BCUT2D eigenvalue weighted by atomic mass is 10.1. The lowest BCUT2D eigenvalue weighted by molar-refractivity contribution is -0.113. The Morgan fingerprint density at radius 2 is 1.78 bits per heavy atom. The number of hydrogen-bond donors (Lipinski definition) is 1. The van der Waals surface area contributed by atoms with E-state index in [0.29, 0.717) is 11.6 Å². The standard InChI is InChI=1S/C25H24N4O2S/c1-18-7-6-8-20(15-18)26-24(30)17-32-25-28-27-23(29(25)21-9-4-3-5-10-21)16-19-11-13-22(31-2)14-12-19/h3-15H,16-17H2,1-2H3,(H,26,30). The zero-order valence-corrected chi connectivity index (χ0v) is 18.8. The van der Waals surface area contributed by atoms with Crippen LogP contribution in [0.25, 0.3) is 5.69 Å². The van der Waals surface area contributed by atoms with Gasteiger partial charge in [0.05, 0.1) is 12.9 Å². The highest BCUT2D eigenvalue weighted by Gasteiger charge is 2.16. The molecule has 1 amide bonds. The highest BCUT2D eigenvalue weighted by molar-refractivity contribution is 7.99. The summed E-state index contributed by atoms with van der Waals surface area (Å²) >= 11 is 1.37. The normalized spacial score (nSPS) is 10.7. The summed E-state index contributed by atoms with van der Waals surface area (Å²) in [6.07, 6.45) is 0.613. The minimum absolute atomic E-state index is 0.0834. The van der Waals surface area contributed by atoms with E-state index in [2.05, 4.69) is 15.5 Å². The number of methoxy groups -OCH3 is 1. The van der Waals surface area contributed by atoms with Gasteiger partial charge in [-0.25, -0.2) is 0 Å². The molecular weight excluding hydrogens is 420 g/mol. The van der Waals surface area contributed by atoms with Crippen LogP contribution in [0.4, 0.5) is 5.69 Å². The van der Waals surface area contributed by atoms with Crippen molar-refractivity contribution >= 4 is 23.4 Å². The fourth-order valence-electron chi connectivity index (χ4n) is 3.32. The first-order valence-electron chi connectivity index (χ1n) is 10.2. The SMILES string of the molecule is COc1ccc(Cc2nnc(SCC(=O)Nc3cccc(C)c3)n2-c2ccccc2)cc1. The van der Waals surface area contributed by atoms with Crippen molar-refractivity contribution in [1.29, 1.82) is 0 Å². The van der Waals surface area contributed by atoms with Crippen molar-refractivity contribution in [2.75, 3.05) is 18.2 Å². The molecule has 0 aliphatic heterocycles. The highest BCUT2D eigenvalue weighted by Crippen LogP contribution is 2.24. The van der Waals surface area contributed by atoms with Crippen molar-refractivity contribution in [2.24, 2.45) is 0 Å². The van der Waals surface area contributed by atoms with Crippen molar-refractivity contribution in [1.82, 2.24) is 14.8 Å². The maximum atomic E-state index is 12.5. The molecule has 4 aromatic rings. The zero-order valence-electron chi connectivity index (χ0n) is 18.0.